The highest BCUT2D eigenvalue weighted by Gasteiger charge is 2.22. The Bertz CT molecular complexity index is 1340. The number of pyridine rings is 1. The van der Waals surface area contributed by atoms with Crippen LogP contribution in [0.15, 0.2) is 52.8 Å². The van der Waals surface area contributed by atoms with Crippen LogP contribution in [0.5, 0.6) is 11.5 Å². The molecule has 4 aromatic rings. The number of hydrogen-bond donors (Lipinski definition) is 1. The molecule has 4 rings (SSSR count). The van der Waals surface area contributed by atoms with E-state index in [1.165, 1.54) is 23.5 Å². The van der Waals surface area contributed by atoms with Crippen LogP contribution in [0.4, 0.5) is 4.39 Å². The van der Waals surface area contributed by atoms with Crippen LogP contribution in [0.3, 0.4) is 0 Å². The molecule has 33 heavy (non-hydrogen) atoms. The lowest BCUT2D eigenvalue weighted by molar-refractivity contribution is 0.0786. The van der Waals surface area contributed by atoms with Crippen molar-refractivity contribution >= 4 is 21.4 Å². The Kier molecular flexibility index (Phi) is 7.10. The Morgan fingerprint density at radius 2 is 1.67 bits per heavy atom. The number of aromatic nitrogens is 1. The quantitative estimate of drug-likeness (QED) is 0.349. The Labute approximate surface area is 197 Å². The van der Waals surface area contributed by atoms with E-state index in [0.29, 0.717) is 27.3 Å². The summed E-state index contributed by atoms with van der Waals surface area (Å²) in [5.41, 5.74) is 2.58. The molecule has 0 bridgehead atoms. The van der Waals surface area contributed by atoms with Crippen LogP contribution in [-0.4, -0.2) is 9.67 Å². The van der Waals surface area contributed by atoms with Crippen LogP contribution < -0.4 is 10.3 Å². The van der Waals surface area contributed by atoms with Crippen molar-refractivity contribution in [2.24, 2.45) is 7.05 Å². The van der Waals surface area contributed by atoms with Crippen LogP contribution in [0.25, 0.3) is 21.2 Å². The van der Waals surface area contributed by atoms with Crippen molar-refractivity contribution in [3.05, 3.63) is 80.8 Å². The van der Waals surface area contributed by atoms with Gasteiger partial charge in [-0.15, -0.1) is 11.3 Å². The van der Waals surface area contributed by atoms with Crippen LogP contribution in [0.2, 0.25) is 0 Å². The lowest BCUT2D eigenvalue weighted by Crippen LogP contribution is -2.16. The highest BCUT2D eigenvalue weighted by atomic mass is 32.1. The highest BCUT2D eigenvalue weighted by molar-refractivity contribution is 7.17. The normalized spacial score (nSPS) is 11.3. The van der Waals surface area contributed by atoms with Crippen molar-refractivity contribution in [1.82, 2.24) is 4.57 Å². The van der Waals surface area contributed by atoms with Crippen LogP contribution in [0, 0.1) is 19.7 Å². The maximum absolute atomic E-state index is 13.8. The first kappa shape index (κ1) is 24.7. The van der Waals surface area contributed by atoms with Gasteiger partial charge in [0.2, 0.25) is 0 Å². The molecule has 0 unspecified atom stereocenters. The summed E-state index contributed by atoms with van der Waals surface area (Å²) in [7, 11) is 1.72. The Morgan fingerprint density at radius 1 is 1.03 bits per heavy atom. The predicted molar refractivity (Wildman–Crippen MR) is 135 cm³/mol. The molecule has 0 amide bonds. The first-order valence-electron chi connectivity index (χ1n) is 10.9. The summed E-state index contributed by atoms with van der Waals surface area (Å²) in [6.07, 6.45) is 1.79. The zero-order chi connectivity index (χ0) is 24.5. The summed E-state index contributed by atoms with van der Waals surface area (Å²) < 4.78 is 22.3. The fourth-order valence-corrected chi connectivity index (χ4v) is 4.65. The first-order valence-corrected chi connectivity index (χ1v) is 11.8. The molecule has 0 atom stereocenters. The Morgan fingerprint density at radius 3 is 2.27 bits per heavy atom. The molecule has 0 radical (unpaired) electrons. The number of aryl methyl sites for hydroxylation is 3. The molecule has 2 aromatic carbocycles. The maximum Gasteiger partial charge on any atom is 0.268 e. The van der Waals surface area contributed by atoms with Crippen molar-refractivity contribution in [3.63, 3.8) is 0 Å². The minimum absolute atomic E-state index is 0.0555. The van der Waals surface area contributed by atoms with Crippen molar-refractivity contribution in [2.45, 2.75) is 47.1 Å². The molecule has 2 heterocycles. The van der Waals surface area contributed by atoms with Gasteiger partial charge in [-0.05, 0) is 80.1 Å². The molecule has 0 aliphatic carbocycles. The van der Waals surface area contributed by atoms with Gasteiger partial charge in [-0.25, -0.2) is 4.39 Å². The highest BCUT2D eigenvalue weighted by Crippen LogP contribution is 2.41. The summed E-state index contributed by atoms with van der Waals surface area (Å²) in [6, 6.07) is 10.3. The van der Waals surface area contributed by atoms with Gasteiger partial charge in [-0.2, -0.15) is 0 Å². The number of hydrogen-bond acceptors (Lipinski definition) is 4. The van der Waals surface area contributed by atoms with E-state index in [1.807, 2.05) is 43.5 Å². The van der Waals surface area contributed by atoms with Gasteiger partial charge in [0.1, 0.15) is 22.0 Å². The standard InChI is InChI=1S/C25H24FNO3S.C2H6/c1-14-10-17(26)11-15(2)22(14)30-21-7-6-16(25(3,4)29)12-19(21)20-13-27(5)24(28)23-18(20)8-9-31-23;1-2/h6-13,29H,1-5H3;1-2H3. The molecule has 174 valence electrons. The molecule has 0 saturated carbocycles. The molecule has 4 nitrogen and oxygen atoms in total. The number of benzene rings is 2. The Hall–Kier alpha value is -2.96. The van der Waals surface area contributed by atoms with Crippen LogP contribution in [0.1, 0.15) is 44.4 Å². The molecule has 0 fully saturated rings. The molecular formula is C27H30FNO3S. The average molecular weight is 468 g/mol. The molecular weight excluding hydrogens is 437 g/mol. The third-order valence-electron chi connectivity index (χ3n) is 5.41. The van der Waals surface area contributed by atoms with Gasteiger partial charge in [0, 0.05) is 29.8 Å². The smallest absolute Gasteiger partial charge is 0.268 e. The maximum atomic E-state index is 13.8. The number of thiophene rings is 1. The monoisotopic (exact) mass is 467 g/mol. The molecule has 0 spiro atoms. The second kappa shape index (κ2) is 9.49. The number of ether oxygens (including phenoxy) is 1. The second-order valence-corrected chi connectivity index (χ2v) is 9.28. The van der Waals surface area contributed by atoms with E-state index in [9.17, 15) is 14.3 Å². The molecule has 0 aliphatic heterocycles. The summed E-state index contributed by atoms with van der Waals surface area (Å²) >= 11 is 1.40. The zero-order valence-electron chi connectivity index (χ0n) is 20.1. The number of halogens is 1. The fraction of sp³-hybridized carbons (Fsp3) is 0.296. The number of fused-ring (bicyclic) bond motifs is 1. The lowest BCUT2D eigenvalue weighted by atomic mass is 9.93. The van der Waals surface area contributed by atoms with Gasteiger partial charge in [0.15, 0.2) is 0 Å². The van der Waals surface area contributed by atoms with Gasteiger partial charge >= 0.3 is 0 Å². The Balaban J connectivity index is 0.00000149. The molecule has 6 heteroatoms. The third kappa shape index (κ3) is 4.87. The zero-order valence-corrected chi connectivity index (χ0v) is 20.9. The van der Waals surface area contributed by atoms with E-state index >= 15 is 0 Å². The molecule has 0 saturated heterocycles. The minimum atomic E-state index is -1.05. The van der Waals surface area contributed by atoms with E-state index in [1.54, 1.807) is 45.5 Å². The molecule has 0 aliphatic rings. The lowest BCUT2D eigenvalue weighted by Gasteiger charge is -2.22. The largest absolute Gasteiger partial charge is 0.456 e. The van der Waals surface area contributed by atoms with Crippen LogP contribution in [-0.2, 0) is 12.6 Å². The second-order valence-electron chi connectivity index (χ2n) is 8.36. The minimum Gasteiger partial charge on any atom is -0.456 e. The SMILES string of the molecule is CC.Cc1cc(F)cc(C)c1Oc1ccc(C(C)(C)O)cc1-c1cn(C)c(=O)c2sccc12. The van der Waals surface area contributed by atoms with Crippen molar-refractivity contribution in [2.75, 3.05) is 0 Å². The predicted octanol–water partition coefficient (Wildman–Crippen LogP) is 7.07. The van der Waals surface area contributed by atoms with Crippen molar-refractivity contribution < 1.29 is 14.2 Å². The number of aliphatic hydroxyl groups is 1. The van der Waals surface area contributed by atoms with E-state index in [2.05, 4.69) is 0 Å². The van der Waals surface area contributed by atoms with Gasteiger partial charge < -0.3 is 14.4 Å². The number of rotatable bonds is 4. The van der Waals surface area contributed by atoms with Crippen LogP contribution >= 0.6 is 11.3 Å². The summed E-state index contributed by atoms with van der Waals surface area (Å²) in [5, 5.41) is 13.3. The van der Waals surface area contributed by atoms with E-state index in [4.69, 9.17) is 4.74 Å². The average Bonchev–Trinajstić information content (AvgIpc) is 3.24. The van der Waals surface area contributed by atoms with Gasteiger partial charge in [0.05, 0.1) is 5.60 Å². The summed E-state index contributed by atoms with van der Waals surface area (Å²) in [4.78, 5) is 12.6. The number of nitrogens with zero attached hydrogens (tertiary/aromatic N) is 1. The van der Waals surface area contributed by atoms with Gasteiger partial charge in [-0.1, -0.05) is 19.9 Å². The summed E-state index contributed by atoms with van der Waals surface area (Å²) in [6.45, 7) is 11.1. The van der Waals surface area contributed by atoms with E-state index < -0.39 is 5.60 Å². The fourth-order valence-electron chi connectivity index (χ4n) is 3.76. The first-order chi connectivity index (χ1) is 15.6. The summed E-state index contributed by atoms with van der Waals surface area (Å²) in [5.74, 6) is 0.847. The molecule has 1 N–H and O–H groups in total. The molecule has 2 aromatic heterocycles. The van der Waals surface area contributed by atoms with Gasteiger partial charge in [-0.3, -0.25) is 4.79 Å². The van der Waals surface area contributed by atoms with Crippen molar-refractivity contribution in [1.29, 1.82) is 0 Å². The topological polar surface area (TPSA) is 51.5 Å². The van der Waals surface area contributed by atoms with Crippen molar-refractivity contribution in [3.8, 4) is 22.6 Å². The third-order valence-corrected chi connectivity index (χ3v) is 6.31. The van der Waals surface area contributed by atoms with Gasteiger partial charge in [0.25, 0.3) is 5.56 Å². The van der Waals surface area contributed by atoms with E-state index in [-0.39, 0.29) is 11.4 Å². The van der Waals surface area contributed by atoms with E-state index in [0.717, 1.165) is 22.1 Å².